The zero-order valence-electron chi connectivity index (χ0n) is 16.6. The maximum absolute atomic E-state index is 13.4. The van der Waals surface area contributed by atoms with Crippen molar-refractivity contribution in [2.45, 2.75) is 6.04 Å². The second-order valence-corrected chi connectivity index (χ2v) is 7.93. The van der Waals surface area contributed by atoms with Gasteiger partial charge < -0.3 is 9.73 Å². The van der Waals surface area contributed by atoms with Crippen molar-refractivity contribution in [2.24, 2.45) is 0 Å². The second-order valence-electron chi connectivity index (χ2n) is 6.99. The number of carbonyl (C=O) groups excluding carboxylic acids is 1. The van der Waals surface area contributed by atoms with Crippen molar-refractivity contribution in [3.05, 3.63) is 83.5 Å². The quantitative estimate of drug-likeness (QED) is 0.479. The molecule has 6 nitrogen and oxygen atoms in total. The van der Waals surface area contributed by atoms with Gasteiger partial charge in [0.1, 0.15) is 11.6 Å². The van der Waals surface area contributed by atoms with E-state index in [2.05, 4.69) is 10.4 Å². The number of benzene rings is 1. The number of hydrogen-bond donors (Lipinski definition) is 1. The van der Waals surface area contributed by atoms with Crippen LogP contribution in [0.4, 0.5) is 4.39 Å². The number of amides is 1. The van der Waals surface area contributed by atoms with E-state index in [0.717, 1.165) is 16.3 Å². The fraction of sp³-hybridized carbons (Fsp3) is 0.182. The summed E-state index contributed by atoms with van der Waals surface area (Å²) in [6.07, 6.45) is 1.62. The number of hydrogen-bond acceptors (Lipinski definition) is 5. The molecule has 0 aliphatic heterocycles. The number of nitrogens with zero attached hydrogens (tertiary/aromatic N) is 3. The Hall–Kier alpha value is -3.23. The van der Waals surface area contributed by atoms with Crippen LogP contribution in [-0.4, -0.2) is 41.2 Å². The SMILES string of the molecule is CN(C)C(CNC(=O)c1cc(-c2cccs2)n(-c2ccc(F)cc2)n1)c1ccco1. The van der Waals surface area contributed by atoms with Crippen LogP contribution in [0.3, 0.4) is 0 Å². The minimum atomic E-state index is -0.325. The van der Waals surface area contributed by atoms with Crippen molar-refractivity contribution in [3.63, 3.8) is 0 Å². The zero-order chi connectivity index (χ0) is 21.1. The van der Waals surface area contributed by atoms with Crippen molar-refractivity contribution in [3.8, 4) is 16.3 Å². The van der Waals surface area contributed by atoms with E-state index < -0.39 is 0 Å². The number of nitrogens with one attached hydrogen (secondary N) is 1. The molecule has 30 heavy (non-hydrogen) atoms. The number of furan rings is 1. The van der Waals surface area contributed by atoms with Gasteiger partial charge in [0.25, 0.3) is 5.91 Å². The summed E-state index contributed by atoms with van der Waals surface area (Å²) in [5.41, 5.74) is 1.75. The number of thiophene rings is 1. The molecular formula is C22H21FN4O2S. The van der Waals surface area contributed by atoms with Crippen molar-refractivity contribution >= 4 is 17.2 Å². The first-order valence-electron chi connectivity index (χ1n) is 9.41. The van der Waals surface area contributed by atoms with Crippen molar-refractivity contribution in [1.82, 2.24) is 20.0 Å². The molecule has 154 valence electrons. The Labute approximate surface area is 177 Å². The molecule has 0 aliphatic rings. The molecule has 8 heteroatoms. The van der Waals surface area contributed by atoms with Gasteiger partial charge >= 0.3 is 0 Å². The van der Waals surface area contributed by atoms with Crippen LogP contribution < -0.4 is 5.32 Å². The van der Waals surface area contributed by atoms with E-state index in [0.29, 0.717) is 17.9 Å². The predicted molar refractivity (Wildman–Crippen MR) is 114 cm³/mol. The fourth-order valence-electron chi connectivity index (χ4n) is 3.17. The van der Waals surface area contributed by atoms with E-state index in [-0.39, 0.29) is 17.8 Å². The Balaban J connectivity index is 1.60. The summed E-state index contributed by atoms with van der Waals surface area (Å²) in [4.78, 5) is 15.8. The van der Waals surface area contributed by atoms with E-state index in [1.807, 2.05) is 48.6 Å². The first kappa shape index (κ1) is 20.1. The lowest BCUT2D eigenvalue weighted by Gasteiger charge is -2.22. The van der Waals surface area contributed by atoms with E-state index in [1.165, 1.54) is 12.1 Å². The van der Waals surface area contributed by atoms with Gasteiger partial charge in [-0.3, -0.25) is 9.69 Å². The van der Waals surface area contributed by atoms with Gasteiger partial charge in [0.05, 0.1) is 28.6 Å². The first-order chi connectivity index (χ1) is 14.5. The van der Waals surface area contributed by atoms with Crippen LogP contribution in [0.5, 0.6) is 0 Å². The van der Waals surface area contributed by atoms with Crippen LogP contribution in [0.15, 0.2) is 70.7 Å². The number of rotatable bonds is 7. The van der Waals surface area contributed by atoms with Gasteiger partial charge in [0.2, 0.25) is 0 Å². The van der Waals surface area contributed by atoms with E-state index in [9.17, 15) is 9.18 Å². The maximum Gasteiger partial charge on any atom is 0.271 e. The normalized spacial score (nSPS) is 12.3. The molecule has 1 amide bonds. The molecule has 0 radical (unpaired) electrons. The largest absolute Gasteiger partial charge is 0.468 e. The highest BCUT2D eigenvalue weighted by atomic mass is 32.1. The summed E-state index contributed by atoms with van der Waals surface area (Å²) in [5, 5.41) is 9.41. The van der Waals surface area contributed by atoms with Gasteiger partial charge in [0.15, 0.2) is 5.69 Å². The Bertz CT molecular complexity index is 1100. The fourth-order valence-corrected chi connectivity index (χ4v) is 3.90. The van der Waals surface area contributed by atoms with Gasteiger partial charge in [-0.15, -0.1) is 11.3 Å². The number of halogens is 1. The third-order valence-corrected chi connectivity index (χ3v) is 5.63. The number of aromatic nitrogens is 2. The predicted octanol–water partition coefficient (Wildman–Crippen LogP) is 4.37. The highest BCUT2D eigenvalue weighted by Crippen LogP contribution is 2.28. The van der Waals surface area contributed by atoms with Crippen molar-refractivity contribution in [1.29, 1.82) is 0 Å². The molecule has 4 aromatic rings. The van der Waals surface area contributed by atoms with Gasteiger partial charge in [-0.1, -0.05) is 6.07 Å². The third kappa shape index (κ3) is 4.19. The topological polar surface area (TPSA) is 63.3 Å². The average Bonchev–Trinajstić information content (AvgIpc) is 3.49. The second kappa shape index (κ2) is 8.64. The molecule has 1 unspecified atom stereocenters. The highest BCUT2D eigenvalue weighted by Gasteiger charge is 2.21. The monoisotopic (exact) mass is 424 g/mol. The van der Waals surface area contributed by atoms with E-state index >= 15 is 0 Å². The summed E-state index contributed by atoms with van der Waals surface area (Å²) in [7, 11) is 3.86. The summed E-state index contributed by atoms with van der Waals surface area (Å²) in [6.45, 7) is 0.372. The molecule has 3 aromatic heterocycles. The maximum atomic E-state index is 13.4. The molecule has 0 aliphatic carbocycles. The minimum absolute atomic E-state index is 0.0973. The molecule has 0 fully saturated rings. The summed E-state index contributed by atoms with van der Waals surface area (Å²) >= 11 is 1.55. The van der Waals surface area contributed by atoms with E-state index in [4.69, 9.17) is 4.42 Å². The standard InChI is InChI=1S/C22H21FN4O2S/c1-26(2)19(20-5-3-11-29-20)14-24-22(28)17-13-18(21-6-4-12-30-21)27(25-17)16-9-7-15(23)8-10-16/h3-13,19H,14H2,1-2H3,(H,24,28). The highest BCUT2D eigenvalue weighted by molar-refractivity contribution is 7.13. The number of carbonyl (C=O) groups is 1. The van der Waals surface area contributed by atoms with Crippen molar-refractivity contribution < 1.29 is 13.6 Å². The molecule has 1 atom stereocenters. The van der Waals surface area contributed by atoms with Gasteiger partial charge in [-0.05, 0) is 68.0 Å². The lowest BCUT2D eigenvalue weighted by Crippen LogP contribution is -2.34. The summed E-state index contributed by atoms with van der Waals surface area (Å²) in [5.74, 6) is 0.165. The summed E-state index contributed by atoms with van der Waals surface area (Å²) in [6, 6.07) is 15.3. The lowest BCUT2D eigenvalue weighted by molar-refractivity contribution is 0.0933. The van der Waals surface area contributed by atoms with Crippen LogP contribution >= 0.6 is 11.3 Å². The zero-order valence-corrected chi connectivity index (χ0v) is 17.4. The minimum Gasteiger partial charge on any atom is -0.468 e. The van der Waals surface area contributed by atoms with Crippen LogP contribution in [-0.2, 0) is 0 Å². The van der Waals surface area contributed by atoms with Crippen LogP contribution in [0.1, 0.15) is 22.3 Å². The number of likely N-dealkylation sites (N-methyl/N-ethyl adjacent to an activating group) is 1. The third-order valence-electron chi connectivity index (χ3n) is 4.74. The van der Waals surface area contributed by atoms with Gasteiger partial charge in [-0.2, -0.15) is 5.10 Å². The van der Waals surface area contributed by atoms with E-state index in [1.54, 1.807) is 40.5 Å². The molecular weight excluding hydrogens is 403 g/mol. The van der Waals surface area contributed by atoms with Crippen LogP contribution in [0, 0.1) is 5.82 Å². The molecule has 4 rings (SSSR count). The van der Waals surface area contributed by atoms with Crippen LogP contribution in [0.2, 0.25) is 0 Å². The molecule has 1 aromatic carbocycles. The Morgan fingerprint density at radius 3 is 2.67 bits per heavy atom. The molecule has 0 bridgehead atoms. The summed E-state index contributed by atoms with van der Waals surface area (Å²) < 4.78 is 20.5. The molecule has 0 saturated carbocycles. The van der Waals surface area contributed by atoms with Crippen LogP contribution in [0.25, 0.3) is 16.3 Å². The first-order valence-corrected chi connectivity index (χ1v) is 10.3. The average molecular weight is 425 g/mol. The lowest BCUT2D eigenvalue weighted by atomic mass is 10.2. The van der Waals surface area contributed by atoms with Crippen molar-refractivity contribution in [2.75, 3.05) is 20.6 Å². The Morgan fingerprint density at radius 1 is 1.23 bits per heavy atom. The molecule has 3 heterocycles. The van der Waals surface area contributed by atoms with Gasteiger partial charge in [0, 0.05) is 6.54 Å². The molecule has 0 saturated heterocycles. The smallest absolute Gasteiger partial charge is 0.271 e. The Kier molecular flexibility index (Phi) is 5.78. The molecule has 1 N–H and O–H groups in total. The van der Waals surface area contributed by atoms with Gasteiger partial charge in [-0.25, -0.2) is 9.07 Å². The Morgan fingerprint density at radius 2 is 2.03 bits per heavy atom. The molecule has 0 spiro atoms.